The minimum Gasteiger partial charge on any atom is -0.466 e. The van der Waals surface area contributed by atoms with Crippen molar-refractivity contribution in [2.75, 3.05) is 32.1 Å². The van der Waals surface area contributed by atoms with Crippen LogP contribution in [0.1, 0.15) is 0 Å². The van der Waals surface area contributed by atoms with Gasteiger partial charge in [-0.05, 0) is 30.3 Å². The average Bonchev–Trinajstić information content (AvgIpc) is 3.05. The van der Waals surface area contributed by atoms with Crippen molar-refractivity contribution in [3.63, 3.8) is 0 Å². The topological polar surface area (TPSA) is 144 Å². The average molecular weight is 414 g/mol. The highest BCUT2D eigenvalue weighted by Gasteiger charge is 2.34. The Morgan fingerprint density at radius 3 is 2.70 bits per heavy atom. The number of nitrogens with one attached hydrogen (secondary N) is 1. The number of benzene rings is 1. The normalized spacial score (nSPS) is 13.4. The molecule has 1 aliphatic rings. The number of amides is 1. The molecule has 1 amide bonds. The molecule has 0 spiro atoms. The van der Waals surface area contributed by atoms with Crippen molar-refractivity contribution in [2.24, 2.45) is 0 Å². The van der Waals surface area contributed by atoms with Gasteiger partial charge in [-0.2, -0.15) is 0 Å². The molecule has 0 unspecified atom stereocenters. The number of hydrogen-bond donors (Lipinski definition) is 2. The smallest absolute Gasteiger partial charge is 0.337 e. The summed E-state index contributed by atoms with van der Waals surface area (Å²) >= 11 is 0. The summed E-state index contributed by atoms with van der Waals surface area (Å²) < 4.78 is 10.2. The zero-order valence-corrected chi connectivity index (χ0v) is 15.9. The second-order valence-corrected chi connectivity index (χ2v) is 6.13. The van der Waals surface area contributed by atoms with Crippen molar-refractivity contribution < 1.29 is 29.1 Å². The Balaban J connectivity index is 1.78. The number of carbonyl (C=O) groups is 2. The van der Waals surface area contributed by atoms with Crippen molar-refractivity contribution in [1.29, 1.82) is 0 Å². The van der Waals surface area contributed by atoms with Crippen molar-refractivity contribution >= 4 is 23.3 Å². The molecule has 3 rings (SSSR count). The minimum absolute atomic E-state index is 0.0267. The minimum atomic E-state index is -0.645. The number of nitrogens with zero attached hydrogens (tertiary/aromatic N) is 3. The molecule has 2 heterocycles. The zero-order chi connectivity index (χ0) is 21.7. The Bertz CT molecular complexity index is 1000. The van der Waals surface area contributed by atoms with E-state index < -0.39 is 16.8 Å². The number of anilines is 1. The summed E-state index contributed by atoms with van der Waals surface area (Å²) in [5.41, 5.74) is 0.422. The second-order valence-electron chi connectivity index (χ2n) is 6.13. The molecule has 0 saturated carbocycles. The highest BCUT2D eigenvalue weighted by Crippen LogP contribution is 2.30. The Labute approximate surface area is 170 Å². The molecular weight excluding hydrogens is 396 g/mol. The quantitative estimate of drug-likeness (QED) is 0.372. The maximum Gasteiger partial charge on any atom is 0.337 e. The van der Waals surface area contributed by atoms with E-state index in [0.717, 1.165) is 0 Å². The molecule has 2 N–H and O–H groups in total. The van der Waals surface area contributed by atoms with Gasteiger partial charge in [0.2, 0.25) is 0 Å². The maximum absolute atomic E-state index is 12.5. The molecule has 11 nitrogen and oxygen atoms in total. The summed E-state index contributed by atoms with van der Waals surface area (Å²) in [4.78, 5) is 40.2. The van der Waals surface area contributed by atoms with Crippen molar-refractivity contribution in [1.82, 2.24) is 9.88 Å². The molecule has 11 heteroatoms. The van der Waals surface area contributed by atoms with Crippen LogP contribution in [0.25, 0.3) is 0 Å². The summed E-state index contributed by atoms with van der Waals surface area (Å²) in [7, 11) is 1.22. The SMILES string of the molecule is COC(=O)C1=C(Nc2ccc(Oc3ncccc3[N+](=O)[O-])cc2)C(=O)N(CCO)C1. The van der Waals surface area contributed by atoms with E-state index >= 15 is 0 Å². The number of methoxy groups -OCH3 is 1. The number of carbonyl (C=O) groups excluding carboxylic acids is 2. The molecule has 156 valence electrons. The van der Waals surface area contributed by atoms with Crippen molar-refractivity contribution in [2.45, 2.75) is 0 Å². The van der Waals surface area contributed by atoms with Gasteiger partial charge in [0.15, 0.2) is 0 Å². The number of hydrogen-bond acceptors (Lipinski definition) is 9. The highest BCUT2D eigenvalue weighted by molar-refractivity contribution is 6.08. The molecule has 0 bridgehead atoms. The van der Waals surface area contributed by atoms with Crippen LogP contribution >= 0.6 is 0 Å². The number of esters is 1. The first-order chi connectivity index (χ1) is 14.4. The second kappa shape index (κ2) is 9.01. The number of ether oxygens (including phenoxy) is 2. The molecule has 0 fully saturated rings. The van der Waals surface area contributed by atoms with E-state index in [1.165, 1.54) is 42.5 Å². The molecule has 0 atom stereocenters. The van der Waals surface area contributed by atoms with Crippen molar-refractivity contribution in [3.05, 3.63) is 64.0 Å². The van der Waals surface area contributed by atoms with Gasteiger partial charge < -0.3 is 24.8 Å². The molecule has 1 aromatic carbocycles. The van der Waals surface area contributed by atoms with E-state index in [4.69, 9.17) is 14.6 Å². The Morgan fingerprint density at radius 1 is 1.33 bits per heavy atom. The van der Waals surface area contributed by atoms with E-state index in [2.05, 4.69) is 10.3 Å². The maximum atomic E-state index is 12.5. The Kier molecular flexibility index (Phi) is 6.23. The number of rotatable bonds is 8. The Morgan fingerprint density at radius 2 is 2.07 bits per heavy atom. The fraction of sp³-hybridized carbons (Fsp3) is 0.211. The van der Waals surface area contributed by atoms with Gasteiger partial charge >= 0.3 is 11.7 Å². The van der Waals surface area contributed by atoms with Gasteiger partial charge in [-0.25, -0.2) is 9.78 Å². The molecule has 0 saturated heterocycles. The predicted molar refractivity (Wildman–Crippen MR) is 104 cm³/mol. The van der Waals surface area contributed by atoms with Gasteiger partial charge in [-0.3, -0.25) is 14.9 Å². The third-order valence-electron chi connectivity index (χ3n) is 4.24. The van der Waals surface area contributed by atoms with E-state index in [9.17, 15) is 19.7 Å². The van der Waals surface area contributed by atoms with Gasteiger partial charge in [0.05, 0.1) is 30.8 Å². The molecular formula is C19H18N4O7. The van der Waals surface area contributed by atoms with Crippen LogP contribution in [-0.2, 0) is 14.3 Å². The van der Waals surface area contributed by atoms with E-state index in [0.29, 0.717) is 11.4 Å². The Hall–Kier alpha value is -3.99. The van der Waals surface area contributed by atoms with Crippen LogP contribution in [0.2, 0.25) is 0 Å². The van der Waals surface area contributed by atoms with Crippen LogP contribution in [-0.4, -0.2) is 58.6 Å². The lowest BCUT2D eigenvalue weighted by molar-refractivity contribution is -0.386. The largest absolute Gasteiger partial charge is 0.466 e. The number of aliphatic hydroxyl groups is 1. The summed E-state index contributed by atoms with van der Waals surface area (Å²) in [5.74, 6) is -0.934. The number of pyridine rings is 1. The first-order valence-electron chi connectivity index (χ1n) is 8.80. The van der Waals surface area contributed by atoms with Crippen LogP contribution in [0.3, 0.4) is 0 Å². The number of aromatic nitrogens is 1. The fourth-order valence-corrected chi connectivity index (χ4v) is 2.81. The van der Waals surface area contributed by atoms with E-state index in [-0.39, 0.29) is 42.5 Å². The number of nitro groups is 1. The monoisotopic (exact) mass is 414 g/mol. The summed E-state index contributed by atoms with van der Waals surface area (Å²) in [5, 5.41) is 23.0. The van der Waals surface area contributed by atoms with E-state index in [1.807, 2.05) is 0 Å². The molecule has 1 aromatic heterocycles. The number of aliphatic hydroxyl groups excluding tert-OH is 1. The third kappa shape index (κ3) is 4.36. The van der Waals surface area contributed by atoms with Crippen LogP contribution in [0.5, 0.6) is 11.6 Å². The van der Waals surface area contributed by atoms with Gasteiger partial charge in [0.25, 0.3) is 11.8 Å². The predicted octanol–water partition coefficient (Wildman–Crippen LogP) is 1.46. The lowest BCUT2D eigenvalue weighted by atomic mass is 10.2. The van der Waals surface area contributed by atoms with Gasteiger partial charge in [-0.1, -0.05) is 0 Å². The molecule has 2 aromatic rings. The standard InChI is InChI=1S/C19H18N4O7/c1-29-19(26)14-11-22(9-10-24)18(25)16(14)21-12-4-6-13(7-5-12)30-17-15(23(27)28)3-2-8-20-17/h2-8,21,24H,9-11H2,1H3. The van der Waals surface area contributed by atoms with Crippen LogP contribution in [0.15, 0.2) is 53.9 Å². The molecule has 30 heavy (non-hydrogen) atoms. The first-order valence-corrected chi connectivity index (χ1v) is 8.80. The summed E-state index contributed by atoms with van der Waals surface area (Å²) in [6, 6.07) is 8.93. The zero-order valence-electron chi connectivity index (χ0n) is 15.9. The summed E-state index contributed by atoms with van der Waals surface area (Å²) in [6.07, 6.45) is 1.38. The number of β-amino-alcohol motifs (C(OH)–C–C–N with tert-alkyl or cyclic N) is 1. The van der Waals surface area contributed by atoms with Crippen molar-refractivity contribution in [3.8, 4) is 11.6 Å². The molecule has 0 aliphatic carbocycles. The van der Waals surface area contributed by atoms with Gasteiger partial charge in [-0.15, -0.1) is 0 Å². The fourth-order valence-electron chi connectivity index (χ4n) is 2.81. The van der Waals surface area contributed by atoms with Gasteiger partial charge in [0, 0.05) is 24.5 Å². The van der Waals surface area contributed by atoms with Crippen LogP contribution in [0.4, 0.5) is 11.4 Å². The highest BCUT2D eigenvalue weighted by atomic mass is 16.6. The summed E-state index contributed by atoms with van der Waals surface area (Å²) in [6.45, 7) is -0.127. The van der Waals surface area contributed by atoms with Crippen LogP contribution < -0.4 is 10.1 Å². The molecule has 1 aliphatic heterocycles. The van der Waals surface area contributed by atoms with Gasteiger partial charge in [0.1, 0.15) is 11.4 Å². The lowest BCUT2D eigenvalue weighted by Crippen LogP contribution is -2.31. The third-order valence-corrected chi connectivity index (χ3v) is 4.24. The first kappa shape index (κ1) is 20.7. The van der Waals surface area contributed by atoms with E-state index in [1.54, 1.807) is 12.1 Å². The lowest BCUT2D eigenvalue weighted by Gasteiger charge is -2.15. The van der Waals surface area contributed by atoms with Crippen LogP contribution in [0, 0.1) is 10.1 Å². The molecule has 0 radical (unpaired) electrons.